The Morgan fingerprint density at radius 1 is 1.43 bits per heavy atom. The van der Waals surface area contributed by atoms with Gasteiger partial charge in [-0.05, 0) is 44.3 Å². The van der Waals surface area contributed by atoms with Crippen molar-refractivity contribution in [3.05, 3.63) is 41.4 Å². The van der Waals surface area contributed by atoms with E-state index in [2.05, 4.69) is 15.6 Å². The molecule has 1 aromatic carbocycles. The minimum absolute atomic E-state index is 0.0518. The number of ether oxygens (including phenoxy) is 1. The van der Waals surface area contributed by atoms with Crippen LogP contribution >= 0.6 is 23.6 Å². The third-order valence-corrected chi connectivity index (χ3v) is 3.24. The van der Waals surface area contributed by atoms with Crippen LogP contribution in [0.25, 0.3) is 0 Å². The number of thiocarbonyl (C=S) groups is 1. The van der Waals surface area contributed by atoms with E-state index in [-0.39, 0.29) is 17.1 Å². The van der Waals surface area contributed by atoms with Crippen molar-refractivity contribution in [1.29, 1.82) is 0 Å². The summed E-state index contributed by atoms with van der Waals surface area (Å²) in [5, 5.41) is 8.12. The maximum Gasteiger partial charge on any atom is 0.257 e. The Kier molecular flexibility index (Phi) is 5.24. The highest BCUT2D eigenvalue weighted by molar-refractivity contribution is 7.80. The van der Waals surface area contributed by atoms with Crippen LogP contribution in [0.4, 0.5) is 5.13 Å². The Labute approximate surface area is 132 Å². The van der Waals surface area contributed by atoms with E-state index < -0.39 is 0 Å². The van der Waals surface area contributed by atoms with E-state index in [1.807, 2.05) is 25.3 Å². The van der Waals surface area contributed by atoms with Gasteiger partial charge in [0.15, 0.2) is 10.2 Å². The summed E-state index contributed by atoms with van der Waals surface area (Å²) in [5.41, 5.74) is 0.483. The highest BCUT2D eigenvalue weighted by atomic mass is 32.1. The molecule has 2 rings (SSSR count). The molecule has 0 atom stereocenters. The summed E-state index contributed by atoms with van der Waals surface area (Å²) in [5.74, 6) is 0.356. The average molecular weight is 321 g/mol. The van der Waals surface area contributed by atoms with E-state index in [1.54, 1.807) is 24.4 Å². The smallest absolute Gasteiger partial charge is 0.257 e. The van der Waals surface area contributed by atoms with Gasteiger partial charge in [-0.3, -0.25) is 10.1 Å². The number of rotatable bonds is 4. The molecule has 2 aromatic rings. The molecule has 1 aromatic heterocycles. The zero-order valence-electron chi connectivity index (χ0n) is 11.6. The first kappa shape index (κ1) is 15.4. The van der Waals surface area contributed by atoms with E-state index >= 15 is 0 Å². The number of aromatic nitrogens is 1. The number of carbonyl (C=O) groups excluding carboxylic acids is 1. The topological polar surface area (TPSA) is 63.2 Å². The minimum Gasteiger partial charge on any atom is -0.491 e. The summed E-state index contributed by atoms with van der Waals surface area (Å²) in [4.78, 5) is 16.1. The highest BCUT2D eigenvalue weighted by Crippen LogP contribution is 2.15. The van der Waals surface area contributed by atoms with Crippen molar-refractivity contribution in [3.63, 3.8) is 0 Å². The zero-order chi connectivity index (χ0) is 15.2. The molecule has 0 unspecified atom stereocenters. The highest BCUT2D eigenvalue weighted by Gasteiger charge is 2.10. The van der Waals surface area contributed by atoms with Crippen molar-refractivity contribution in [2.45, 2.75) is 20.0 Å². The third kappa shape index (κ3) is 4.80. The maximum atomic E-state index is 12.1. The standard InChI is InChI=1S/C14H15N3O2S2/c1-9(2)19-11-5-3-4-10(8-11)12(18)16-13(20)17-14-15-6-7-21-14/h3-9H,1-2H3,(H2,15,16,17,18,20). The molecule has 0 aliphatic rings. The lowest BCUT2D eigenvalue weighted by atomic mass is 10.2. The van der Waals surface area contributed by atoms with E-state index in [9.17, 15) is 4.79 Å². The van der Waals surface area contributed by atoms with Crippen LogP contribution in [0.2, 0.25) is 0 Å². The second kappa shape index (κ2) is 7.14. The molecular formula is C14H15N3O2S2. The molecule has 0 spiro atoms. The Balaban J connectivity index is 1.98. The van der Waals surface area contributed by atoms with Crippen LogP contribution in [0.3, 0.4) is 0 Å². The van der Waals surface area contributed by atoms with Crippen LogP contribution in [-0.2, 0) is 0 Å². The Bertz CT molecular complexity index is 627. The van der Waals surface area contributed by atoms with Crippen molar-refractivity contribution < 1.29 is 9.53 Å². The number of carbonyl (C=O) groups is 1. The van der Waals surface area contributed by atoms with Gasteiger partial charge >= 0.3 is 0 Å². The van der Waals surface area contributed by atoms with Gasteiger partial charge in [-0.2, -0.15) is 0 Å². The maximum absolute atomic E-state index is 12.1. The van der Waals surface area contributed by atoms with E-state index in [1.165, 1.54) is 11.3 Å². The summed E-state index contributed by atoms with van der Waals surface area (Å²) >= 11 is 6.48. The minimum atomic E-state index is -0.293. The third-order valence-electron chi connectivity index (χ3n) is 2.35. The first-order chi connectivity index (χ1) is 10.0. The molecule has 0 saturated carbocycles. The summed E-state index contributed by atoms with van der Waals surface area (Å²) < 4.78 is 5.56. The fourth-order valence-electron chi connectivity index (χ4n) is 1.57. The molecule has 0 aliphatic heterocycles. The van der Waals surface area contributed by atoms with Crippen LogP contribution in [0.5, 0.6) is 5.75 Å². The first-order valence-electron chi connectivity index (χ1n) is 6.33. The first-order valence-corrected chi connectivity index (χ1v) is 7.62. The van der Waals surface area contributed by atoms with Gasteiger partial charge in [0.25, 0.3) is 5.91 Å². The predicted molar refractivity (Wildman–Crippen MR) is 88.0 cm³/mol. The second-order valence-corrected chi connectivity index (χ2v) is 5.74. The molecule has 110 valence electrons. The van der Waals surface area contributed by atoms with Gasteiger partial charge in [0.05, 0.1) is 6.10 Å². The monoisotopic (exact) mass is 321 g/mol. The van der Waals surface area contributed by atoms with Crippen molar-refractivity contribution in [3.8, 4) is 5.75 Å². The normalized spacial score (nSPS) is 10.2. The molecule has 0 saturated heterocycles. The lowest BCUT2D eigenvalue weighted by molar-refractivity contribution is 0.0977. The SMILES string of the molecule is CC(C)Oc1cccc(C(=O)NC(=S)Nc2nccs2)c1. The van der Waals surface area contributed by atoms with Gasteiger partial charge in [-0.15, -0.1) is 11.3 Å². The fraction of sp³-hybridized carbons (Fsp3) is 0.214. The number of nitrogens with one attached hydrogen (secondary N) is 2. The average Bonchev–Trinajstić information content (AvgIpc) is 2.90. The lowest BCUT2D eigenvalue weighted by Gasteiger charge is -2.11. The van der Waals surface area contributed by atoms with Gasteiger partial charge < -0.3 is 10.1 Å². The van der Waals surface area contributed by atoms with Gasteiger partial charge in [-0.1, -0.05) is 6.07 Å². The molecular weight excluding hydrogens is 306 g/mol. The summed E-state index contributed by atoms with van der Waals surface area (Å²) in [7, 11) is 0. The van der Waals surface area contributed by atoms with Crippen molar-refractivity contribution in [2.75, 3.05) is 5.32 Å². The Morgan fingerprint density at radius 3 is 2.90 bits per heavy atom. The number of nitrogens with zero attached hydrogens (tertiary/aromatic N) is 1. The molecule has 1 heterocycles. The summed E-state index contributed by atoms with van der Waals surface area (Å²) in [6.07, 6.45) is 1.71. The molecule has 0 fully saturated rings. The van der Waals surface area contributed by atoms with Crippen LogP contribution in [0, 0.1) is 0 Å². The number of hydrogen-bond acceptors (Lipinski definition) is 5. The largest absolute Gasteiger partial charge is 0.491 e. The van der Waals surface area contributed by atoms with Gasteiger partial charge in [0.1, 0.15) is 5.75 Å². The number of amides is 1. The summed E-state index contributed by atoms with van der Waals surface area (Å²) in [6, 6.07) is 6.96. The van der Waals surface area contributed by atoms with Crippen molar-refractivity contribution in [1.82, 2.24) is 10.3 Å². The van der Waals surface area contributed by atoms with E-state index in [0.717, 1.165) is 0 Å². The molecule has 0 radical (unpaired) electrons. The zero-order valence-corrected chi connectivity index (χ0v) is 13.3. The van der Waals surface area contributed by atoms with Crippen LogP contribution in [-0.4, -0.2) is 22.1 Å². The molecule has 1 amide bonds. The molecule has 5 nitrogen and oxygen atoms in total. The van der Waals surface area contributed by atoms with Crippen LogP contribution < -0.4 is 15.4 Å². The Morgan fingerprint density at radius 2 is 2.24 bits per heavy atom. The van der Waals surface area contributed by atoms with Crippen LogP contribution in [0.15, 0.2) is 35.8 Å². The molecule has 7 heteroatoms. The van der Waals surface area contributed by atoms with Gasteiger partial charge in [-0.25, -0.2) is 4.98 Å². The number of benzene rings is 1. The Hall–Kier alpha value is -1.99. The summed E-state index contributed by atoms with van der Waals surface area (Å²) in [6.45, 7) is 3.86. The van der Waals surface area contributed by atoms with E-state index in [4.69, 9.17) is 17.0 Å². The van der Waals surface area contributed by atoms with Crippen molar-refractivity contribution >= 4 is 39.7 Å². The lowest BCUT2D eigenvalue weighted by Crippen LogP contribution is -2.34. The van der Waals surface area contributed by atoms with E-state index in [0.29, 0.717) is 16.4 Å². The van der Waals surface area contributed by atoms with Gasteiger partial charge in [0, 0.05) is 17.1 Å². The number of thiazole rings is 1. The number of anilines is 1. The molecule has 21 heavy (non-hydrogen) atoms. The molecule has 0 bridgehead atoms. The number of hydrogen-bond donors (Lipinski definition) is 2. The molecule has 0 aliphatic carbocycles. The van der Waals surface area contributed by atoms with Crippen LogP contribution in [0.1, 0.15) is 24.2 Å². The molecule has 2 N–H and O–H groups in total. The fourth-order valence-corrected chi connectivity index (χ4v) is 2.36. The quantitative estimate of drug-likeness (QED) is 0.848. The predicted octanol–water partition coefficient (Wildman–Crippen LogP) is 3.06. The van der Waals surface area contributed by atoms with Crippen molar-refractivity contribution in [2.24, 2.45) is 0 Å². The van der Waals surface area contributed by atoms with Gasteiger partial charge in [0.2, 0.25) is 0 Å². The second-order valence-electron chi connectivity index (χ2n) is 4.44.